The molecule has 0 aromatic carbocycles. The second kappa shape index (κ2) is 4.61. The summed E-state index contributed by atoms with van der Waals surface area (Å²) >= 11 is 0. The van der Waals surface area contributed by atoms with E-state index in [0.717, 1.165) is 30.5 Å². The third-order valence-electron chi connectivity index (χ3n) is 3.18. The van der Waals surface area contributed by atoms with Gasteiger partial charge in [-0.15, -0.1) is 0 Å². The Morgan fingerprint density at radius 2 is 2.38 bits per heavy atom. The summed E-state index contributed by atoms with van der Waals surface area (Å²) in [7, 11) is 0. The summed E-state index contributed by atoms with van der Waals surface area (Å²) in [5.74, 6) is 0.00636. The Labute approximate surface area is 95.3 Å². The van der Waals surface area contributed by atoms with Crippen molar-refractivity contribution < 1.29 is 4.79 Å². The normalized spacial score (nSPS) is 24.4. The van der Waals surface area contributed by atoms with Crippen LogP contribution in [0.25, 0.3) is 0 Å². The van der Waals surface area contributed by atoms with Crippen molar-refractivity contribution in [2.75, 3.05) is 5.32 Å². The standard InChI is InChI=1S/C12H17N3O/c1-8-7-14-6-5-11(8)15-12(16)9-3-2-4-10(9)13/h5-7,9-10H,2-4,13H2,1H3,(H,14,15,16). The molecule has 86 valence electrons. The number of carbonyl (C=O) groups is 1. The molecule has 0 saturated heterocycles. The van der Waals surface area contributed by atoms with Crippen LogP contribution < -0.4 is 11.1 Å². The van der Waals surface area contributed by atoms with Gasteiger partial charge in [-0.25, -0.2) is 0 Å². The minimum atomic E-state index is -0.0347. The summed E-state index contributed by atoms with van der Waals surface area (Å²) < 4.78 is 0. The monoisotopic (exact) mass is 219 g/mol. The maximum Gasteiger partial charge on any atom is 0.229 e. The molecular weight excluding hydrogens is 202 g/mol. The number of aryl methyl sites for hydroxylation is 1. The Hall–Kier alpha value is -1.42. The lowest BCUT2D eigenvalue weighted by Gasteiger charge is -2.15. The zero-order valence-electron chi connectivity index (χ0n) is 9.44. The molecule has 2 rings (SSSR count). The lowest BCUT2D eigenvalue weighted by molar-refractivity contribution is -0.120. The third kappa shape index (κ3) is 2.22. The van der Waals surface area contributed by atoms with Crippen molar-refractivity contribution in [3.63, 3.8) is 0 Å². The van der Waals surface area contributed by atoms with E-state index in [4.69, 9.17) is 5.73 Å². The molecule has 1 amide bonds. The summed E-state index contributed by atoms with van der Waals surface area (Å²) in [6, 6.07) is 1.83. The van der Waals surface area contributed by atoms with Crippen molar-refractivity contribution in [2.24, 2.45) is 11.7 Å². The fourth-order valence-corrected chi connectivity index (χ4v) is 2.15. The van der Waals surface area contributed by atoms with Crippen LogP contribution in [0.4, 0.5) is 5.69 Å². The van der Waals surface area contributed by atoms with E-state index in [0.29, 0.717) is 0 Å². The number of pyridine rings is 1. The Kier molecular flexibility index (Phi) is 3.19. The van der Waals surface area contributed by atoms with Crippen LogP contribution in [-0.2, 0) is 4.79 Å². The number of anilines is 1. The number of carbonyl (C=O) groups excluding carboxylic acids is 1. The van der Waals surface area contributed by atoms with Crippen molar-refractivity contribution in [1.29, 1.82) is 0 Å². The van der Waals surface area contributed by atoms with Crippen LogP contribution in [0.1, 0.15) is 24.8 Å². The molecule has 1 aliphatic rings. The maximum absolute atomic E-state index is 12.0. The van der Waals surface area contributed by atoms with Gasteiger partial charge in [0.1, 0.15) is 0 Å². The van der Waals surface area contributed by atoms with Gasteiger partial charge in [-0.2, -0.15) is 0 Å². The molecule has 0 radical (unpaired) electrons. The number of hydrogen-bond acceptors (Lipinski definition) is 3. The molecule has 4 heteroatoms. The summed E-state index contributed by atoms with van der Waals surface area (Å²) in [5.41, 5.74) is 7.71. The Bertz CT molecular complexity index is 392. The Balaban J connectivity index is 2.05. The Morgan fingerprint density at radius 3 is 3.00 bits per heavy atom. The van der Waals surface area contributed by atoms with Gasteiger partial charge < -0.3 is 11.1 Å². The lowest BCUT2D eigenvalue weighted by atomic mass is 10.0. The zero-order valence-corrected chi connectivity index (χ0v) is 9.44. The van der Waals surface area contributed by atoms with Gasteiger partial charge in [0.15, 0.2) is 0 Å². The second-order valence-electron chi connectivity index (χ2n) is 4.38. The fourth-order valence-electron chi connectivity index (χ4n) is 2.15. The smallest absolute Gasteiger partial charge is 0.229 e. The third-order valence-corrected chi connectivity index (χ3v) is 3.18. The molecule has 3 N–H and O–H groups in total. The minimum Gasteiger partial charge on any atom is -0.327 e. The van der Waals surface area contributed by atoms with Crippen LogP contribution in [-0.4, -0.2) is 16.9 Å². The number of nitrogens with two attached hydrogens (primary N) is 1. The predicted molar refractivity (Wildman–Crippen MR) is 62.9 cm³/mol. The van der Waals surface area contributed by atoms with Gasteiger partial charge in [-0.3, -0.25) is 9.78 Å². The molecule has 2 unspecified atom stereocenters. The second-order valence-corrected chi connectivity index (χ2v) is 4.38. The Morgan fingerprint density at radius 1 is 1.56 bits per heavy atom. The number of aromatic nitrogens is 1. The molecule has 1 aromatic heterocycles. The van der Waals surface area contributed by atoms with E-state index in [1.807, 2.05) is 13.0 Å². The van der Waals surface area contributed by atoms with E-state index < -0.39 is 0 Å². The van der Waals surface area contributed by atoms with E-state index >= 15 is 0 Å². The van der Waals surface area contributed by atoms with Crippen molar-refractivity contribution in [3.8, 4) is 0 Å². The van der Waals surface area contributed by atoms with Crippen molar-refractivity contribution >= 4 is 11.6 Å². The van der Waals surface area contributed by atoms with Crippen molar-refractivity contribution in [2.45, 2.75) is 32.2 Å². The summed E-state index contributed by atoms with van der Waals surface area (Å²) in [5, 5.41) is 2.92. The first-order chi connectivity index (χ1) is 7.68. The average Bonchev–Trinajstić information content (AvgIpc) is 2.68. The highest BCUT2D eigenvalue weighted by Gasteiger charge is 2.30. The lowest BCUT2D eigenvalue weighted by Crippen LogP contribution is -2.34. The summed E-state index contributed by atoms with van der Waals surface area (Å²) in [6.45, 7) is 1.93. The van der Waals surface area contributed by atoms with Gasteiger partial charge >= 0.3 is 0 Å². The first kappa shape index (κ1) is 11.1. The van der Waals surface area contributed by atoms with Gasteiger partial charge in [-0.05, 0) is 31.4 Å². The number of hydrogen-bond donors (Lipinski definition) is 2. The van der Waals surface area contributed by atoms with E-state index in [2.05, 4.69) is 10.3 Å². The van der Waals surface area contributed by atoms with Crippen LogP contribution in [0.2, 0.25) is 0 Å². The van der Waals surface area contributed by atoms with Crippen molar-refractivity contribution in [1.82, 2.24) is 4.98 Å². The molecule has 0 aliphatic heterocycles. The van der Waals surface area contributed by atoms with Crippen LogP contribution in [0.3, 0.4) is 0 Å². The van der Waals surface area contributed by atoms with Gasteiger partial charge in [-0.1, -0.05) is 6.42 Å². The molecule has 1 aromatic rings. The minimum absolute atomic E-state index is 0.0159. The average molecular weight is 219 g/mol. The fraction of sp³-hybridized carbons (Fsp3) is 0.500. The number of nitrogens with one attached hydrogen (secondary N) is 1. The van der Waals surface area contributed by atoms with Crippen LogP contribution in [0.15, 0.2) is 18.5 Å². The molecule has 1 heterocycles. The molecule has 1 saturated carbocycles. The molecule has 0 spiro atoms. The van der Waals surface area contributed by atoms with Crippen molar-refractivity contribution in [3.05, 3.63) is 24.0 Å². The number of amides is 1. The van der Waals surface area contributed by atoms with Crippen LogP contribution >= 0.6 is 0 Å². The summed E-state index contributed by atoms with van der Waals surface area (Å²) in [6.07, 6.45) is 6.32. The summed E-state index contributed by atoms with van der Waals surface area (Å²) in [4.78, 5) is 16.0. The highest BCUT2D eigenvalue weighted by atomic mass is 16.1. The topological polar surface area (TPSA) is 68.0 Å². The van der Waals surface area contributed by atoms with E-state index in [-0.39, 0.29) is 17.9 Å². The number of nitrogens with zero attached hydrogens (tertiary/aromatic N) is 1. The molecule has 4 nitrogen and oxygen atoms in total. The highest BCUT2D eigenvalue weighted by Crippen LogP contribution is 2.25. The zero-order chi connectivity index (χ0) is 11.5. The maximum atomic E-state index is 12.0. The van der Waals surface area contributed by atoms with Gasteiger partial charge in [0.2, 0.25) is 5.91 Å². The molecule has 1 aliphatic carbocycles. The molecule has 2 atom stereocenters. The van der Waals surface area contributed by atoms with E-state index in [1.165, 1.54) is 0 Å². The molecule has 16 heavy (non-hydrogen) atoms. The van der Waals surface area contributed by atoms with Gasteiger partial charge in [0.05, 0.1) is 5.92 Å². The quantitative estimate of drug-likeness (QED) is 0.791. The largest absolute Gasteiger partial charge is 0.327 e. The first-order valence-electron chi connectivity index (χ1n) is 5.65. The van der Waals surface area contributed by atoms with E-state index in [9.17, 15) is 4.79 Å². The number of rotatable bonds is 2. The predicted octanol–water partition coefficient (Wildman–Crippen LogP) is 1.46. The SMILES string of the molecule is Cc1cnccc1NC(=O)C1CCCC1N. The van der Waals surface area contributed by atoms with Crippen LogP contribution in [0, 0.1) is 12.8 Å². The first-order valence-corrected chi connectivity index (χ1v) is 5.65. The molecule has 0 bridgehead atoms. The molecule has 1 fully saturated rings. The van der Waals surface area contributed by atoms with Gasteiger partial charge in [0.25, 0.3) is 0 Å². The molecular formula is C12H17N3O. The van der Waals surface area contributed by atoms with E-state index in [1.54, 1.807) is 12.4 Å². The van der Waals surface area contributed by atoms with Crippen LogP contribution in [0.5, 0.6) is 0 Å². The van der Waals surface area contributed by atoms with Gasteiger partial charge in [0, 0.05) is 24.1 Å². The highest BCUT2D eigenvalue weighted by molar-refractivity contribution is 5.93.